The maximum atomic E-state index is 5.46. The molecule has 7 nitrogen and oxygen atoms in total. The van der Waals surface area contributed by atoms with Gasteiger partial charge >= 0.3 is 0 Å². The number of para-hydroxylation sites is 1. The van der Waals surface area contributed by atoms with E-state index in [9.17, 15) is 0 Å². The fourth-order valence-corrected chi connectivity index (χ4v) is 1.16. The minimum atomic E-state index is 0.131. The zero-order valence-electron chi connectivity index (χ0n) is 8.61. The van der Waals surface area contributed by atoms with Gasteiger partial charge in [0, 0.05) is 5.56 Å². The molecule has 2 aromatic rings. The van der Waals surface area contributed by atoms with Gasteiger partial charge in [-0.3, -0.25) is 0 Å². The lowest BCUT2D eigenvalue weighted by atomic mass is 10.2. The van der Waals surface area contributed by atoms with Crippen molar-refractivity contribution in [3.8, 4) is 5.75 Å². The number of methoxy groups -OCH3 is 1. The summed E-state index contributed by atoms with van der Waals surface area (Å²) < 4.78 is 5.16. The highest BCUT2D eigenvalue weighted by Crippen LogP contribution is 2.14. The number of tetrazole rings is 1. The molecular weight excluding hydrogens is 208 g/mol. The summed E-state index contributed by atoms with van der Waals surface area (Å²) in [4.78, 5) is 1.13. The molecule has 0 saturated carbocycles. The number of hydrogen-bond acceptors (Lipinski definition) is 6. The largest absolute Gasteiger partial charge is 0.496 e. The highest BCUT2D eigenvalue weighted by molar-refractivity contribution is 5.83. The number of ether oxygens (including phenoxy) is 1. The van der Waals surface area contributed by atoms with Gasteiger partial charge in [0.15, 0.2) is 0 Å². The van der Waals surface area contributed by atoms with E-state index in [1.54, 1.807) is 13.3 Å². The van der Waals surface area contributed by atoms with Crippen molar-refractivity contribution in [3.05, 3.63) is 29.8 Å². The molecule has 2 N–H and O–H groups in total. The number of nitrogen functional groups attached to an aromatic ring is 1. The maximum Gasteiger partial charge on any atom is 0.263 e. The van der Waals surface area contributed by atoms with Crippen LogP contribution in [-0.4, -0.2) is 33.6 Å². The van der Waals surface area contributed by atoms with Crippen LogP contribution in [0.25, 0.3) is 0 Å². The van der Waals surface area contributed by atoms with E-state index in [4.69, 9.17) is 10.5 Å². The second-order valence-corrected chi connectivity index (χ2v) is 2.91. The number of nitrogens with zero attached hydrogens (tertiary/aromatic N) is 5. The van der Waals surface area contributed by atoms with Crippen molar-refractivity contribution in [2.45, 2.75) is 0 Å². The smallest absolute Gasteiger partial charge is 0.263 e. The standard InChI is InChI=1S/C9H10N6O/c1-16-8-5-3-2-4-7(8)6-11-15-9(10)12-13-14-15/h2-6H,1H3,(H2,10,12,14)/b11-6-. The Bertz CT molecular complexity index is 506. The van der Waals surface area contributed by atoms with Crippen LogP contribution in [0.1, 0.15) is 5.56 Å². The molecule has 16 heavy (non-hydrogen) atoms. The van der Waals surface area contributed by atoms with Crippen molar-refractivity contribution < 1.29 is 4.74 Å². The molecule has 1 aromatic heterocycles. The van der Waals surface area contributed by atoms with Gasteiger partial charge in [-0.2, -0.15) is 5.10 Å². The minimum absolute atomic E-state index is 0.131. The van der Waals surface area contributed by atoms with Crippen molar-refractivity contribution in [2.24, 2.45) is 5.10 Å². The van der Waals surface area contributed by atoms with Crippen LogP contribution in [0.3, 0.4) is 0 Å². The molecule has 0 amide bonds. The second kappa shape index (κ2) is 4.39. The highest BCUT2D eigenvalue weighted by atomic mass is 16.5. The average Bonchev–Trinajstić information content (AvgIpc) is 2.72. The van der Waals surface area contributed by atoms with Crippen molar-refractivity contribution in [3.63, 3.8) is 0 Å². The predicted molar refractivity (Wildman–Crippen MR) is 58.2 cm³/mol. The van der Waals surface area contributed by atoms with Gasteiger partial charge in [0.25, 0.3) is 5.95 Å². The van der Waals surface area contributed by atoms with E-state index < -0.39 is 0 Å². The summed E-state index contributed by atoms with van der Waals surface area (Å²) in [6.45, 7) is 0. The molecule has 0 bridgehead atoms. The minimum Gasteiger partial charge on any atom is -0.496 e. The SMILES string of the molecule is COc1ccccc1/C=N\n1nnnc1N. The number of rotatable bonds is 3. The topological polar surface area (TPSA) is 91.2 Å². The van der Waals surface area contributed by atoms with Gasteiger partial charge in [-0.15, -0.1) is 0 Å². The molecule has 1 aromatic carbocycles. The third kappa shape index (κ3) is 1.97. The van der Waals surface area contributed by atoms with Crippen molar-refractivity contribution >= 4 is 12.2 Å². The summed E-state index contributed by atoms with van der Waals surface area (Å²) in [5, 5.41) is 14.4. The van der Waals surface area contributed by atoms with Gasteiger partial charge in [-0.25, -0.2) is 0 Å². The summed E-state index contributed by atoms with van der Waals surface area (Å²) in [7, 11) is 1.60. The predicted octanol–water partition coefficient (Wildman–Crippen LogP) is 0.146. The Balaban J connectivity index is 2.27. The molecule has 82 valence electrons. The van der Waals surface area contributed by atoms with E-state index in [0.717, 1.165) is 16.1 Å². The third-order valence-electron chi connectivity index (χ3n) is 1.92. The number of nitrogens with two attached hydrogens (primary N) is 1. The van der Waals surface area contributed by atoms with Gasteiger partial charge in [0.1, 0.15) is 5.75 Å². The van der Waals surface area contributed by atoms with Crippen LogP contribution in [0.5, 0.6) is 5.75 Å². The van der Waals surface area contributed by atoms with Crippen molar-refractivity contribution in [1.29, 1.82) is 0 Å². The summed E-state index contributed by atoms with van der Waals surface area (Å²) in [5.74, 6) is 0.851. The Labute approximate surface area is 91.5 Å². The van der Waals surface area contributed by atoms with Gasteiger partial charge in [-0.05, 0) is 22.6 Å². The van der Waals surface area contributed by atoms with Gasteiger partial charge in [-0.1, -0.05) is 22.0 Å². The lowest BCUT2D eigenvalue weighted by Crippen LogP contribution is -2.00. The lowest BCUT2D eigenvalue weighted by Gasteiger charge is -2.02. The monoisotopic (exact) mass is 218 g/mol. The second-order valence-electron chi connectivity index (χ2n) is 2.91. The molecule has 0 unspecified atom stereocenters. The first-order chi connectivity index (χ1) is 7.81. The van der Waals surface area contributed by atoms with Crippen LogP contribution in [0.2, 0.25) is 0 Å². The molecule has 0 aliphatic rings. The summed E-state index contributed by atoms with van der Waals surface area (Å²) >= 11 is 0. The molecule has 0 saturated heterocycles. The van der Waals surface area contributed by atoms with E-state index >= 15 is 0 Å². The third-order valence-corrected chi connectivity index (χ3v) is 1.92. The fourth-order valence-electron chi connectivity index (χ4n) is 1.16. The van der Waals surface area contributed by atoms with E-state index in [1.807, 2.05) is 24.3 Å². The Morgan fingerprint density at radius 3 is 2.94 bits per heavy atom. The molecule has 0 atom stereocenters. The maximum absolute atomic E-state index is 5.46. The highest BCUT2D eigenvalue weighted by Gasteiger charge is 2.00. The van der Waals surface area contributed by atoms with Crippen LogP contribution in [0, 0.1) is 0 Å². The number of hydrogen-bond donors (Lipinski definition) is 1. The van der Waals surface area contributed by atoms with Crippen LogP contribution < -0.4 is 10.5 Å². The van der Waals surface area contributed by atoms with E-state index in [2.05, 4.69) is 20.6 Å². The van der Waals surface area contributed by atoms with Crippen LogP contribution in [0.15, 0.2) is 29.4 Å². The summed E-state index contributed by atoms with van der Waals surface area (Å²) in [6.07, 6.45) is 1.57. The number of anilines is 1. The number of benzene rings is 1. The molecule has 0 fully saturated rings. The molecule has 2 rings (SSSR count). The molecule has 1 heterocycles. The quantitative estimate of drug-likeness (QED) is 0.740. The van der Waals surface area contributed by atoms with Gasteiger partial charge < -0.3 is 10.5 Å². The molecule has 0 aliphatic carbocycles. The van der Waals surface area contributed by atoms with Crippen molar-refractivity contribution in [1.82, 2.24) is 20.3 Å². The van der Waals surface area contributed by atoms with Crippen LogP contribution in [0.4, 0.5) is 5.95 Å². The molecule has 0 radical (unpaired) electrons. The Hall–Kier alpha value is -2.44. The van der Waals surface area contributed by atoms with Gasteiger partial charge in [0.05, 0.1) is 13.3 Å². The first kappa shape index (κ1) is 10.1. The first-order valence-electron chi connectivity index (χ1n) is 4.52. The molecular formula is C9H10N6O. The zero-order valence-corrected chi connectivity index (χ0v) is 8.61. The Kier molecular flexibility index (Phi) is 2.77. The van der Waals surface area contributed by atoms with Gasteiger partial charge in [0.2, 0.25) is 0 Å². The van der Waals surface area contributed by atoms with E-state index in [-0.39, 0.29) is 5.95 Å². The summed E-state index contributed by atoms with van der Waals surface area (Å²) in [6, 6.07) is 7.46. The average molecular weight is 218 g/mol. The van der Waals surface area contributed by atoms with E-state index in [1.165, 1.54) is 0 Å². The Morgan fingerprint density at radius 2 is 2.25 bits per heavy atom. The molecule has 0 aliphatic heterocycles. The van der Waals surface area contributed by atoms with Crippen LogP contribution in [-0.2, 0) is 0 Å². The summed E-state index contributed by atoms with van der Waals surface area (Å²) in [5.41, 5.74) is 6.28. The van der Waals surface area contributed by atoms with Crippen LogP contribution >= 0.6 is 0 Å². The molecule has 0 spiro atoms. The zero-order chi connectivity index (χ0) is 11.4. The Morgan fingerprint density at radius 1 is 1.44 bits per heavy atom. The lowest BCUT2D eigenvalue weighted by molar-refractivity contribution is 0.414. The van der Waals surface area contributed by atoms with Crippen molar-refractivity contribution in [2.75, 3.05) is 12.8 Å². The fraction of sp³-hybridized carbons (Fsp3) is 0.111. The number of aromatic nitrogens is 4. The first-order valence-corrected chi connectivity index (χ1v) is 4.52. The van der Waals surface area contributed by atoms with E-state index in [0.29, 0.717) is 0 Å². The molecule has 7 heteroatoms. The normalized spacial score (nSPS) is 10.8.